The molecule has 4 atom stereocenters. The van der Waals surface area contributed by atoms with Gasteiger partial charge in [-0.3, -0.25) is 4.79 Å². The molecule has 0 aromatic carbocycles. The monoisotopic (exact) mass is 404 g/mol. The van der Waals surface area contributed by atoms with E-state index in [1.54, 1.807) is 0 Å². The highest BCUT2D eigenvalue weighted by Crippen LogP contribution is 2.42. The van der Waals surface area contributed by atoms with Gasteiger partial charge in [-0.1, -0.05) is 24.1 Å². The van der Waals surface area contributed by atoms with Gasteiger partial charge in [-0.2, -0.15) is 0 Å². The van der Waals surface area contributed by atoms with Crippen LogP contribution in [0.5, 0.6) is 0 Å². The van der Waals surface area contributed by atoms with E-state index in [4.69, 9.17) is 9.47 Å². The van der Waals surface area contributed by atoms with Crippen molar-refractivity contribution in [3.05, 3.63) is 22.8 Å². The fourth-order valence-corrected chi connectivity index (χ4v) is 4.75. The lowest BCUT2D eigenvalue weighted by molar-refractivity contribution is -0.147. The van der Waals surface area contributed by atoms with Gasteiger partial charge in [-0.15, -0.1) is 0 Å². The molecular formula is C23H32O6. The van der Waals surface area contributed by atoms with E-state index in [2.05, 4.69) is 11.7 Å². The van der Waals surface area contributed by atoms with Gasteiger partial charge in [-0.25, -0.2) is 4.79 Å². The molecule has 2 unspecified atom stereocenters. The first-order chi connectivity index (χ1) is 14.1. The lowest BCUT2D eigenvalue weighted by atomic mass is 9.72. The quantitative estimate of drug-likeness (QED) is 0.252. The number of hydrogen-bond donors (Lipinski definition) is 0. The molecule has 0 fully saturated rings. The lowest BCUT2D eigenvalue weighted by Gasteiger charge is -2.37. The Bertz CT molecular complexity index is 664. The number of carbonyl (C=O) groups excluding carboxylic acids is 3. The number of rotatable bonds is 9. The van der Waals surface area contributed by atoms with Crippen LogP contribution in [0, 0.1) is 11.8 Å². The second-order valence-corrected chi connectivity index (χ2v) is 8.36. The smallest absolute Gasteiger partial charge is 0.333 e. The zero-order valence-corrected chi connectivity index (χ0v) is 17.3. The predicted molar refractivity (Wildman–Crippen MR) is 107 cm³/mol. The van der Waals surface area contributed by atoms with E-state index >= 15 is 0 Å². The van der Waals surface area contributed by atoms with Gasteiger partial charge in [0.2, 0.25) is 0 Å². The fourth-order valence-electron chi connectivity index (χ4n) is 4.75. The average Bonchev–Trinajstić information content (AvgIpc) is 2.75. The maximum atomic E-state index is 12.7. The molecule has 3 aliphatic rings. The van der Waals surface area contributed by atoms with Gasteiger partial charge in [0.15, 0.2) is 0 Å². The minimum absolute atomic E-state index is 0.0678. The van der Waals surface area contributed by atoms with Crippen molar-refractivity contribution in [2.24, 2.45) is 11.8 Å². The van der Waals surface area contributed by atoms with Crippen LogP contribution in [0.1, 0.15) is 64.7 Å². The summed E-state index contributed by atoms with van der Waals surface area (Å²) in [4.78, 5) is 33.9. The Morgan fingerprint density at radius 2 is 2.00 bits per heavy atom. The first-order valence-electron chi connectivity index (χ1n) is 10.8. The topological polar surface area (TPSA) is 78.9 Å². The summed E-state index contributed by atoms with van der Waals surface area (Å²) in [6, 6.07) is 0. The van der Waals surface area contributed by atoms with Crippen molar-refractivity contribution in [1.29, 1.82) is 0 Å². The zero-order chi connectivity index (χ0) is 20.6. The Labute approximate surface area is 172 Å². The molecule has 0 aromatic heterocycles. The normalized spacial score (nSPS) is 29.5. The van der Waals surface area contributed by atoms with Crippen LogP contribution >= 0.6 is 0 Å². The van der Waals surface area contributed by atoms with E-state index in [0.717, 1.165) is 50.4 Å². The second kappa shape index (κ2) is 10.7. The molecule has 6 heteroatoms. The minimum atomic E-state index is -0.190. The fraction of sp³-hybridized carbons (Fsp3) is 0.696. The van der Waals surface area contributed by atoms with Crippen molar-refractivity contribution in [1.82, 2.24) is 0 Å². The van der Waals surface area contributed by atoms with E-state index in [0.29, 0.717) is 38.9 Å². The molecule has 0 aliphatic heterocycles. The van der Waals surface area contributed by atoms with Crippen LogP contribution in [0.3, 0.4) is 0 Å². The molecule has 3 rings (SSSR count). The van der Waals surface area contributed by atoms with Crippen molar-refractivity contribution in [3.8, 4) is 0 Å². The van der Waals surface area contributed by atoms with E-state index in [9.17, 15) is 14.4 Å². The highest BCUT2D eigenvalue weighted by Gasteiger charge is 2.34. The molecule has 3 aliphatic carbocycles. The van der Waals surface area contributed by atoms with Crippen LogP contribution < -0.4 is 0 Å². The van der Waals surface area contributed by atoms with Gasteiger partial charge in [0.1, 0.15) is 12.4 Å². The molecule has 29 heavy (non-hydrogen) atoms. The molecule has 0 spiro atoms. The largest absolute Gasteiger partial charge is 0.468 e. The van der Waals surface area contributed by atoms with Crippen molar-refractivity contribution in [3.63, 3.8) is 0 Å². The van der Waals surface area contributed by atoms with Gasteiger partial charge in [0.25, 0.3) is 6.47 Å². The van der Waals surface area contributed by atoms with Gasteiger partial charge in [0.05, 0.1) is 19.3 Å². The summed E-state index contributed by atoms with van der Waals surface area (Å²) in [7, 11) is 0. The number of esters is 1. The third-order valence-electron chi connectivity index (χ3n) is 6.49. The summed E-state index contributed by atoms with van der Waals surface area (Å²) in [5, 5.41) is 0. The molecule has 0 aromatic rings. The van der Waals surface area contributed by atoms with Gasteiger partial charge in [-0.05, 0) is 51.4 Å². The van der Waals surface area contributed by atoms with Crippen molar-refractivity contribution in [2.45, 2.75) is 76.9 Å². The summed E-state index contributed by atoms with van der Waals surface area (Å²) in [5.41, 5.74) is 3.59. The van der Waals surface area contributed by atoms with Gasteiger partial charge >= 0.3 is 5.97 Å². The Balaban J connectivity index is 1.45. The predicted octanol–water partition coefficient (Wildman–Crippen LogP) is 3.68. The molecule has 0 radical (unpaired) electrons. The number of hydrogen-bond acceptors (Lipinski definition) is 6. The molecule has 0 bridgehead atoms. The summed E-state index contributed by atoms with van der Waals surface area (Å²) < 4.78 is 16.3. The van der Waals surface area contributed by atoms with E-state index in [1.807, 2.05) is 6.08 Å². The minimum Gasteiger partial charge on any atom is -0.468 e. The number of aldehydes is 1. The molecule has 0 heterocycles. The zero-order valence-electron chi connectivity index (χ0n) is 17.3. The molecule has 0 saturated heterocycles. The Morgan fingerprint density at radius 3 is 2.72 bits per heavy atom. The van der Waals surface area contributed by atoms with Crippen molar-refractivity contribution >= 4 is 18.7 Å². The number of allylic oxidation sites excluding steroid dienone is 1. The number of ether oxygens (including phenoxy) is 3. The van der Waals surface area contributed by atoms with E-state index in [1.165, 1.54) is 11.1 Å². The highest BCUT2D eigenvalue weighted by atomic mass is 16.5. The molecule has 0 saturated carbocycles. The summed E-state index contributed by atoms with van der Waals surface area (Å²) in [6.07, 6.45) is 10.5. The van der Waals surface area contributed by atoms with Gasteiger partial charge < -0.3 is 19.0 Å². The maximum absolute atomic E-state index is 12.7. The molecule has 0 N–H and O–H groups in total. The molecule has 160 valence electrons. The van der Waals surface area contributed by atoms with Crippen LogP contribution in [-0.4, -0.2) is 44.1 Å². The molecule has 0 amide bonds. The standard InChI is InChI=1S/C23H32O6/c1-16-21-9-3-17(14-24)13-19(21)6-10-22(16)29-23(26)18-4-7-20(8-5-18)28-12-2-11-27-15-25/h4,14-17,20,22H,2-3,5-13H2,1H3/t16-,17+,20?,22?/m1/s1. The van der Waals surface area contributed by atoms with Crippen LogP contribution in [0.4, 0.5) is 0 Å². The van der Waals surface area contributed by atoms with Gasteiger partial charge in [0, 0.05) is 23.8 Å². The summed E-state index contributed by atoms with van der Waals surface area (Å²) in [5.74, 6) is 0.217. The van der Waals surface area contributed by atoms with E-state index < -0.39 is 0 Å². The first kappa shape index (κ1) is 21.8. The average molecular weight is 405 g/mol. The van der Waals surface area contributed by atoms with Crippen LogP contribution in [0.15, 0.2) is 22.8 Å². The third-order valence-corrected chi connectivity index (χ3v) is 6.49. The SMILES string of the molecule is C[C@@H]1C2=C(CCC1OC(=O)C1=CCC(OCCCOC=O)CC1)C[C@@H](C=O)CC2. The Kier molecular flexibility index (Phi) is 8.04. The Morgan fingerprint density at radius 1 is 1.14 bits per heavy atom. The summed E-state index contributed by atoms with van der Waals surface area (Å²) in [6.45, 7) is 3.52. The van der Waals surface area contributed by atoms with Crippen LogP contribution in [0.25, 0.3) is 0 Å². The van der Waals surface area contributed by atoms with Crippen molar-refractivity contribution in [2.75, 3.05) is 13.2 Å². The Hall–Kier alpha value is -1.95. The maximum Gasteiger partial charge on any atom is 0.333 e. The number of carbonyl (C=O) groups is 3. The lowest BCUT2D eigenvalue weighted by Crippen LogP contribution is -2.33. The summed E-state index contributed by atoms with van der Waals surface area (Å²) >= 11 is 0. The van der Waals surface area contributed by atoms with Crippen LogP contribution in [-0.2, 0) is 28.6 Å². The molecule has 6 nitrogen and oxygen atoms in total. The second-order valence-electron chi connectivity index (χ2n) is 8.36. The van der Waals surface area contributed by atoms with E-state index in [-0.39, 0.29) is 30.0 Å². The first-order valence-corrected chi connectivity index (χ1v) is 10.8. The van der Waals surface area contributed by atoms with Crippen molar-refractivity contribution < 1.29 is 28.6 Å². The molecular weight excluding hydrogens is 372 g/mol. The van der Waals surface area contributed by atoms with Crippen LogP contribution in [0.2, 0.25) is 0 Å². The third kappa shape index (κ3) is 5.78. The highest BCUT2D eigenvalue weighted by molar-refractivity contribution is 5.88.